The molecule has 0 aromatic carbocycles. The van der Waals surface area contributed by atoms with Crippen molar-refractivity contribution >= 4 is 47.0 Å². The van der Waals surface area contributed by atoms with Crippen molar-refractivity contribution in [1.29, 1.82) is 0 Å². The first-order valence-corrected chi connectivity index (χ1v) is 13.0. The lowest BCUT2D eigenvalue weighted by atomic mass is 10.6. The van der Waals surface area contributed by atoms with Crippen molar-refractivity contribution < 1.29 is 9.47 Å². The molecule has 0 saturated heterocycles. The molecule has 0 aliphatic carbocycles. The van der Waals surface area contributed by atoms with E-state index in [4.69, 9.17) is 9.47 Å². The molecule has 0 spiro atoms. The molecule has 6 heteroatoms. The fourth-order valence-electron chi connectivity index (χ4n) is 1.49. The Bertz CT molecular complexity index is 484. The van der Waals surface area contributed by atoms with E-state index in [1.54, 1.807) is 47.0 Å². The van der Waals surface area contributed by atoms with E-state index in [2.05, 4.69) is 47.4 Å². The predicted molar refractivity (Wildman–Crippen MR) is 122 cm³/mol. The Kier molecular flexibility index (Phi) is 18.9. The molecular weight excluding hydrogens is 400 g/mol. The number of thioether (sulfide) groups is 4. The smallest absolute Gasteiger partial charge is 0.0558 e. The first kappa shape index (κ1) is 23.6. The highest BCUT2D eigenvalue weighted by molar-refractivity contribution is 8.00. The molecule has 0 N–H and O–H groups in total. The minimum Gasteiger partial charge on any atom is -0.380 e. The van der Waals surface area contributed by atoms with Gasteiger partial charge in [-0.05, 0) is 23.7 Å². The van der Waals surface area contributed by atoms with Crippen molar-refractivity contribution in [2.75, 3.05) is 72.5 Å². The molecule has 0 bridgehead atoms. The zero-order valence-electron chi connectivity index (χ0n) is 14.9. The van der Waals surface area contributed by atoms with Crippen LogP contribution in [0.1, 0.15) is 0 Å². The third kappa shape index (κ3) is 18.4. The van der Waals surface area contributed by atoms with Gasteiger partial charge in [0, 0.05) is 23.0 Å². The SMILES string of the molecule is C1#CCSCCOCCSCC#CC#CCSCCOCCSCC#C1. The van der Waals surface area contributed by atoms with Gasteiger partial charge < -0.3 is 9.47 Å². The highest BCUT2D eigenvalue weighted by Crippen LogP contribution is 2.02. The second-order valence-corrected chi connectivity index (χ2v) is 9.06. The fourth-order valence-corrected chi connectivity index (χ4v) is 3.71. The predicted octanol–water partition coefficient (Wildman–Crippen LogP) is 2.98. The minimum atomic E-state index is 0.770. The Morgan fingerprint density at radius 1 is 0.423 bits per heavy atom. The zero-order valence-corrected chi connectivity index (χ0v) is 18.2. The van der Waals surface area contributed by atoms with Crippen LogP contribution in [0.3, 0.4) is 0 Å². The molecule has 0 radical (unpaired) electrons. The molecule has 0 fully saturated rings. The lowest BCUT2D eigenvalue weighted by molar-refractivity contribution is 0.167. The van der Waals surface area contributed by atoms with E-state index < -0.39 is 0 Å². The molecule has 1 aliphatic rings. The summed E-state index contributed by atoms with van der Waals surface area (Å²) in [6.45, 7) is 3.08. The van der Waals surface area contributed by atoms with Crippen LogP contribution in [-0.4, -0.2) is 72.5 Å². The molecule has 0 aromatic rings. The summed E-state index contributed by atoms with van der Waals surface area (Å²) in [5, 5.41) is 0. The van der Waals surface area contributed by atoms with Crippen LogP contribution in [0.15, 0.2) is 0 Å². The summed E-state index contributed by atoms with van der Waals surface area (Å²) in [4.78, 5) is 0. The Morgan fingerprint density at radius 2 is 0.692 bits per heavy atom. The summed E-state index contributed by atoms with van der Waals surface area (Å²) in [6, 6.07) is 0. The molecule has 0 amide bonds. The van der Waals surface area contributed by atoms with Crippen LogP contribution in [0.25, 0.3) is 0 Å². The summed E-state index contributed by atoms with van der Waals surface area (Å²) in [5.74, 6) is 31.0. The van der Waals surface area contributed by atoms with Crippen LogP contribution in [0.4, 0.5) is 0 Å². The van der Waals surface area contributed by atoms with Gasteiger partial charge in [0.15, 0.2) is 0 Å². The number of rotatable bonds is 0. The van der Waals surface area contributed by atoms with Crippen molar-refractivity contribution in [3.05, 3.63) is 0 Å². The highest BCUT2D eigenvalue weighted by atomic mass is 32.2. The first-order valence-electron chi connectivity index (χ1n) is 8.38. The molecule has 1 aliphatic heterocycles. The van der Waals surface area contributed by atoms with Gasteiger partial charge in [0.25, 0.3) is 0 Å². The van der Waals surface area contributed by atoms with Gasteiger partial charge in [-0.15, -0.1) is 47.0 Å². The third-order valence-corrected chi connectivity index (χ3v) is 5.88. The number of hydrogen-bond acceptors (Lipinski definition) is 6. The van der Waals surface area contributed by atoms with E-state index >= 15 is 0 Å². The quantitative estimate of drug-likeness (QED) is 0.553. The van der Waals surface area contributed by atoms with E-state index in [9.17, 15) is 0 Å². The summed E-state index contributed by atoms with van der Waals surface area (Å²) in [5.41, 5.74) is 0. The van der Waals surface area contributed by atoms with Gasteiger partial charge in [0.05, 0.1) is 49.4 Å². The van der Waals surface area contributed by atoms with Gasteiger partial charge in [0.1, 0.15) is 0 Å². The van der Waals surface area contributed by atoms with E-state index in [0.29, 0.717) is 0 Å². The van der Waals surface area contributed by atoms with Crippen molar-refractivity contribution in [3.8, 4) is 47.4 Å². The molecule has 2 nitrogen and oxygen atoms in total. The Labute approximate surface area is 175 Å². The fraction of sp³-hybridized carbons (Fsp3) is 0.600. The van der Waals surface area contributed by atoms with Gasteiger partial charge in [-0.3, -0.25) is 0 Å². The van der Waals surface area contributed by atoms with Crippen molar-refractivity contribution in [3.63, 3.8) is 0 Å². The summed E-state index contributed by atoms with van der Waals surface area (Å²) < 4.78 is 11.2. The van der Waals surface area contributed by atoms with E-state index in [1.807, 2.05) is 0 Å². The topological polar surface area (TPSA) is 18.5 Å². The molecule has 0 atom stereocenters. The average Bonchev–Trinajstić information content (AvgIpc) is 2.65. The molecule has 0 saturated carbocycles. The van der Waals surface area contributed by atoms with E-state index in [1.165, 1.54) is 0 Å². The average molecular weight is 425 g/mol. The largest absolute Gasteiger partial charge is 0.380 e. The van der Waals surface area contributed by atoms with Gasteiger partial charge >= 0.3 is 0 Å². The molecule has 1 heterocycles. The van der Waals surface area contributed by atoms with Crippen molar-refractivity contribution in [2.45, 2.75) is 0 Å². The summed E-state index contributed by atoms with van der Waals surface area (Å²) >= 11 is 7.13. The summed E-state index contributed by atoms with van der Waals surface area (Å²) in [6.07, 6.45) is 0. The number of ether oxygens (including phenoxy) is 2. The van der Waals surface area contributed by atoms with Gasteiger partial charge in [-0.2, -0.15) is 0 Å². The Hall–Kier alpha value is -0.440. The minimum absolute atomic E-state index is 0.770. The van der Waals surface area contributed by atoms with Crippen LogP contribution in [0.2, 0.25) is 0 Å². The lowest BCUT2D eigenvalue weighted by Crippen LogP contribution is -2.02. The number of hydrogen-bond donors (Lipinski definition) is 0. The van der Waals surface area contributed by atoms with Crippen LogP contribution < -0.4 is 0 Å². The van der Waals surface area contributed by atoms with Crippen LogP contribution in [-0.2, 0) is 9.47 Å². The molecule has 0 aromatic heterocycles. The highest BCUT2D eigenvalue weighted by Gasteiger charge is 1.91. The molecule has 140 valence electrons. The van der Waals surface area contributed by atoms with E-state index in [0.717, 1.165) is 72.5 Å². The second-order valence-electron chi connectivity index (χ2n) is 4.64. The Morgan fingerprint density at radius 3 is 0.962 bits per heavy atom. The monoisotopic (exact) mass is 424 g/mol. The van der Waals surface area contributed by atoms with Crippen LogP contribution in [0, 0.1) is 47.4 Å². The molecule has 0 unspecified atom stereocenters. The van der Waals surface area contributed by atoms with Gasteiger partial charge in [-0.1, -0.05) is 23.7 Å². The van der Waals surface area contributed by atoms with Gasteiger partial charge in [0.2, 0.25) is 0 Å². The maximum absolute atomic E-state index is 5.58. The summed E-state index contributed by atoms with van der Waals surface area (Å²) in [7, 11) is 0. The zero-order chi connectivity index (χ0) is 18.4. The second kappa shape index (κ2) is 20.9. The van der Waals surface area contributed by atoms with E-state index in [-0.39, 0.29) is 0 Å². The van der Waals surface area contributed by atoms with Gasteiger partial charge in [-0.25, -0.2) is 0 Å². The van der Waals surface area contributed by atoms with Crippen LogP contribution >= 0.6 is 47.0 Å². The third-order valence-electron chi connectivity index (χ3n) is 2.66. The maximum Gasteiger partial charge on any atom is 0.0558 e. The standard InChI is InChI=1S/C20H24O2S4/c1-2-6-14-24-18-10-22-12-20-26-16-8-4-3-7-15-25-19-11-21-9-17-23-13-5-1/h9-20H2. The van der Waals surface area contributed by atoms with Crippen molar-refractivity contribution in [1.82, 2.24) is 0 Å². The first-order chi connectivity index (χ1) is 13.0. The Balaban J connectivity index is 2.23. The molecular formula is C20H24O2S4. The molecule has 1 rings (SSSR count). The molecule has 26 heavy (non-hydrogen) atoms. The normalized spacial score (nSPS) is 19.1. The maximum atomic E-state index is 5.58. The lowest BCUT2D eigenvalue weighted by Gasteiger charge is -2.01. The van der Waals surface area contributed by atoms with Crippen molar-refractivity contribution in [2.24, 2.45) is 0 Å². The van der Waals surface area contributed by atoms with Crippen LogP contribution in [0.5, 0.6) is 0 Å².